The van der Waals surface area contributed by atoms with Gasteiger partial charge >= 0.3 is 5.97 Å². The van der Waals surface area contributed by atoms with E-state index in [-0.39, 0.29) is 6.61 Å². The Bertz CT molecular complexity index is 636. The molecule has 0 bridgehead atoms. The second-order valence-corrected chi connectivity index (χ2v) is 5.21. The molecule has 104 valence electrons. The number of hydrogen-bond donors (Lipinski definition) is 1. The van der Waals surface area contributed by atoms with Crippen LogP contribution < -0.4 is 5.73 Å². The van der Waals surface area contributed by atoms with E-state index in [2.05, 4.69) is 0 Å². The molecule has 0 aliphatic carbocycles. The van der Waals surface area contributed by atoms with Gasteiger partial charge in [-0.1, -0.05) is 35.3 Å². The van der Waals surface area contributed by atoms with Gasteiger partial charge in [0.05, 0.1) is 15.6 Å². The lowest BCUT2D eigenvalue weighted by atomic mass is 10.1. The van der Waals surface area contributed by atoms with Crippen LogP contribution in [0.3, 0.4) is 0 Å². The standard InChI is InChI=1S/C15H13Cl2NO2/c1-9-5-11(7-12(18)6-9)15(19)20-8-10-3-2-4-13(16)14(10)17/h2-7H,8,18H2,1H3. The fraction of sp³-hybridized carbons (Fsp3) is 0.133. The average molecular weight is 310 g/mol. The fourth-order valence-electron chi connectivity index (χ4n) is 1.82. The van der Waals surface area contributed by atoms with Gasteiger partial charge in [-0.25, -0.2) is 4.79 Å². The summed E-state index contributed by atoms with van der Waals surface area (Å²) in [7, 11) is 0. The van der Waals surface area contributed by atoms with Crippen molar-refractivity contribution in [1.82, 2.24) is 0 Å². The van der Waals surface area contributed by atoms with Crippen LogP contribution in [0.15, 0.2) is 36.4 Å². The van der Waals surface area contributed by atoms with Crippen molar-refractivity contribution < 1.29 is 9.53 Å². The normalized spacial score (nSPS) is 10.3. The van der Waals surface area contributed by atoms with Gasteiger partial charge in [0.2, 0.25) is 0 Å². The predicted octanol–water partition coefficient (Wildman–Crippen LogP) is 4.24. The van der Waals surface area contributed by atoms with E-state index in [4.69, 9.17) is 33.7 Å². The second kappa shape index (κ2) is 6.16. The van der Waals surface area contributed by atoms with Gasteiger partial charge in [-0.3, -0.25) is 0 Å². The number of hydrogen-bond acceptors (Lipinski definition) is 3. The van der Waals surface area contributed by atoms with Crippen molar-refractivity contribution in [2.45, 2.75) is 13.5 Å². The highest BCUT2D eigenvalue weighted by molar-refractivity contribution is 6.42. The number of benzene rings is 2. The van der Waals surface area contributed by atoms with Crippen molar-refractivity contribution >= 4 is 34.9 Å². The molecule has 2 N–H and O–H groups in total. The number of nitrogen functional groups attached to an aromatic ring is 1. The second-order valence-electron chi connectivity index (χ2n) is 4.42. The first-order chi connectivity index (χ1) is 9.47. The molecular weight excluding hydrogens is 297 g/mol. The lowest BCUT2D eigenvalue weighted by Gasteiger charge is -2.08. The quantitative estimate of drug-likeness (QED) is 0.681. The zero-order chi connectivity index (χ0) is 14.7. The zero-order valence-corrected chi connectivity index (χ0v) is 12.3. The molecule has 2 aromatic rings. The van der Waals surface area contributed by atoms with Gasteiger partial charge < -0.3 is 10.5 Å². The molecule has 0 saturated heterocycles. The SMILES string of the molecule is Cc1cc(N)cc(C(=O)OCc2cccc(Cl)c2Cl)c1. The summed E-state index contributed by atoms with van der Waals surface area (Å²) in [5.41, 5.74) is 8.21. The molecule has 0 radical (unpaired) electrons. The summed E-state index contributed by atoms with van der Waals surface area (Å²) in [4.78, 5) is 12.0. The van der Waals surface area contributed by atoms with Crippen molar-refractivity contribution in [3.8, 4) is 0 Å². The van der Waals surface area contributed by atoms with Crippen LogP contribution in [-0.2, 0) is 11.3 Å². The Morgan fingerprint density at radius 1 is 1.25 bits per heavy atom. The first-order valence-corrected chi connectivity index (χ1v) is 6.70. The molecular formula is C15H13Cl2NO2. The summed E-state index contributed by atoms with van der Waals surface area (Å²) in [5.74, 6) is -0.448. The van der Waals surface area contributed by atoms with Crippen molar-refractivity contribution in [2.24, 2.45) is 0 Å². The molecule has 0 amide bonds. The number of rotatable bonds is 3. The minimum atomic E-state index is -0.448. The van der Waals surface area contributed by atoms with Crippen LogP contribution in [0, 0.1) is 6.92 Å². The third-order valence-electron chi connectivity index (χ3n) is 2.73. The third-order valence-corrected chi connectivity index (χ3v) is 3.58. The van der Waals surface area contributed by atoms with Gasteiger partial charge in [0.15, 0.2) is 0 Å². The molecule has 3 nitrogen and oxygen atoms in total. The number of esters is 1. The van der Waals surface area contributed by atoms with Gasteiger partial charge in [0.1, 0.15) is 6.61 Å². The molecule has 20 heavy (non-hydrogen) atoms. The van der Waals surface area contributed by atoms with E-state index in [0.29, 0.717) is 26.9 Å². The Balaban J connectivity index is 2.10. The molecule has 2 aromatic carbocycles. The Kier molecular flexibility index (Phi) is 4.53. The van der Waals surface area contributed by atoms with Crippen molar-refractivity contribution in [2.75, 3.05) is 5.73 Å². The topological polar surface area (TPSA) is 52.3 Å². The smallest absolute Gasteiger partial charge is 0.338 e. The average Bonchev–Trinajstić information content (AvgIpc) is 2.39. The van der Waals surface area contributed by atoms with Crippen LogP contribution in [0.2, 0.25) is 10.0 Å². The number of nitrogens with two attached hydrogens (primary N) is 1. The van der Waals surface area contributed by atoms with Crippen LogP contribution in [0.4, 0.5) is 5.69 Å². The van der Waals surface area contributed by atoms with Crippen molar-refractivity contribution in [3.63, 3.8) is 0 Å². The predicted molar refractivity (Wildman–Crippen MR) is 81.2 cm³/mol. The molecule has 0 heterocycles. The number of carbonyl (C=O) groups is 1. The highest BCUT2D eigenvalue weighted by Crippen LogP contribution is 2.26. The van der Waals surface area contributed by atoms with Crippen LogP contribution in [-0.4, -0.2) is 5.97 Å². The minimum Gasteiger partial charge on any atom is -0.457 e. The van der Waals surface area contributed by atoms with Crippen molar-refractivity contribution in [3.05, 3.63) is 63.1 Å². The van der Waals surface area contributed by atoms with E-state index >= 15 is 0 Å². The molecule has 0 saturated carbocycles. The minimum absolute atomic E-state index is 0.0616. The van der Waals surface area contributed by atoms with Gasteiger partial charge in [0.25, 0.3) is 0 Å². The van der Waals surface area contributed by atoms with Gasteiger partial charge in [-0.2, -0.15) is 0 Å². The molecule has 0 aliphatic rings. The van der Waals surface area contributed by atoms with E-state index in [9.17, 15) is 4.79 Å². The highest BCUT2D eigenvalue weighted by atomic mass is 35.5. The van der Waals surface area contributed by atoms with Gasteiger partial charge in [0, 0.05) is 11.3 Å². The van der Waals surface area contributed by atoms with E-state index in [1.807, 2.05) is 6.92 Å². The first-order valence-electron chi connectivity index (χ1n) is 5.94. The number of halogens is 2. The summed E-state index contributed by atoms with van der Waals surface area (Å²) < 4.78 is 5.22. The van der Waals surface area contributed by atoms with E-state index in [1.54, 1.807) is 36.4 Å². The maximum Gasteiger partial charge on any atom is 0.338 e. The number of carbonyl (C=O) groups excluding carboxylic acids is 1. The lowest BCUT2D eigenvalue weighted by molar-refractivity contribution is 0.0473. The summed E-state index contributed by atoms with van der Waals surface area (Å²) in [5, 5.41) is 0.825. The number of ether oxygens (including phenoxy) is 1. The van der Waals surface area contributed by atoms with E-state index in [1.165, 1.54) is 0 Å². The lowest BCUT2D eigenvalue weighted by Crippen LogP contribution is -2.06. The summed E-state index contributed by atoms with van der Waals surface area (Å²) in [6.45, 7) is 1.92. The molecule has 0 spiro atoms. The molecule has 0 fully saturated rings. The largest absolute Gasteiger partial charge is 0.457 e. The van der Waals surface area contributed by atoms with Crippen LogP contribution in [0.25, 0.3) is 0 Å². The molecule has 0 atom stereocenters. The summed E-state index contributed by atoms with van der Waals surface area (Å²) in [6, 6.07) is 10.3. The Hall–Kier alpha value is -1.71. The van der Waals surface area contributed by atoms with Crippen LogP contribution in [0.5, 0.6) is 0 Å². The molecule has 0 aromatic heterocycles. The summed E-state index contributed by atoms with van der Waals surface area (Å²) in [6.07, 6.45) is 0. The molecule has 2 rings (SSSR count). The Morgan fingerprint density at radius 2 is 2.00 bits per heavy atom. The Morgan fingerprint density at radius 3 is 2.70 bits per heavy atom. The first kappa shape index (κ1) is 14.7. The van der Waals surface area contributed by atoms with Crippen LogP contribution >= 0.6 is 23.2 Å². The zero-order valence-electron chi connectivity index (χ0n) is 10.8. The Labute approximate surface area is 127 Å². The number of aryl methyl sites for hydroxylation is 1. The van der Waals surface area contributed by atoms with E-state index < -0.39 is 5.97 Å². The van der Waals surface area contributed by atoms with Gasteiger partial charge in [-0.15, -0.1) is 0 Å². The van der Waals surface area contributed by atoms with Crippen LogP contribution in [0.1, 0.15) is 21.5 Å². The fourth-order valence-corrected chi connectivity index (χ4v) is 2.19. The monoisotopic (exact) mass is 309 g/mol. The third kappa shape index (κ3) is 3.44. The highest BCUT2D eigenvalue weighted by Gasteiger charge is 2.11. The summed E-state index contributed by atoms with van der Waals surface area (Å²) >= 11 is 11.9. The number of anilines is 1. The molecule has 0 unspecified atom stereocenters. The van der Waals surface area contributed by atoms with Gasteiger partial charge in [-0.05, 0) is 36.8 Å². The molecule has 5 heteroatoms. The molecule has 0 aliphatic heterocycles. The van der Waals surface area contributed by atoms with E-state index in [0.717, 1.165) is 5.56 Å². The van der Waals surface area contributed by atoms with Crippen molar-refractivity contribution in [1.29, 1.82) is 0 Å². The maximum absolute atomic E-state index is 12.0. The maximum atomic E-state index is 12.0.